The molecule has 0 saturated heterocycles. The van der Waals surface area contributed by atoms with Crippen LogP contribution in [-0.4, -0.2) is 21.3 Å². The number of carbonyl (C=O) groups excluding carboxylic acids is 1. The fourth-order valence-corrected chi connectivity index (χ4v) is 3.18. The maximum absolute atomic E-state index is 13.3. The second-order valence-electron chi connectivity index (χ2n) is 7.43. The number of carbonyl (C=O) groups is 1. The summed E-state index contributed by atoms with van der Waals surface area (Å²) in [6.07, 6.45) is 0.00564. The van der Waals surface area contributed by atoms with Crippen molar-refractivity contribution in [3.05, 3.63) is 80.0 Å². The largest absolute Gasteiger partial charge is 0.491 e. The average molecular weight is 471 g/mol. The summed E-state index contributed by atoms with van der Waals surface area (Å²) >= 11 is 5.96. The van der Waals surface area contributed by atoms with Gasteiger partial charge in [-0.25, -0.2) is 9.67 Å². The number of nitroso groups, excluding NO2 is 1. The van der Waals surface area contributed by atoms with Gasteiger partial charge >= 0.3 is 0 Å². The van der Waals surface area contributed by atoms with Crippen LogP contribution in [0.2, 0.25) is 5.02 Å². The fourth-order valence-electron chi connectivity index (χ4n) is 3.06. The van der Waals surface area contributed by atoms with Gasteiger partial charge in [-0.05, 0) is 61.0 Å². The number of nitrogens with one attached hydrogen (secondary N) is 1. The van der Waals surface area contributed by atoms with Crippen LogP contribution in [0.4, 0.5) is 17.2 Å². The van der Waals surface area contributed by atoms with Gasteiger partial charge in [-0.3, -0.25) is 14.2 Å². The third-order valence-corrected chi connectivity index (χ3v) is 4.70. The molecular weight excluding hydrogens is 448 g/mol. The molecular formula is C22H23ClN6O4. The second-order valence-corrected chi connectivity index (χ2v) is 7.87. The minimum Gasteiger partial charge on any atom is -0.491 e. The number of benzene rings is 2. The van der Waals surface area contributed by atoms with Gasteiger partial charge in [-0.2, -0.15) is 0 Å². The number of ether oxygens (including phenoxy) is 1. The predicted octanol–water partition coefficient (Wildman–Crippen LogP) is 3.44. The molecule has 3 rings (SSSR count). The Balaban J connectivity index is 2.23. The lowest BCUT2D eigenvalue weighted by Crippen LogP contribution is -2.45. The van der Waals surface area contributed by atoms with Gasteiger partial charge in [0.05, 0.1) is 18.3 Å². The van der Waals surface area contributed by atoms with Crippen molar-refractivity contribution in [3.63, 3.8) is 0 Å². The summed E-state index contributed by atoms with van der Waals surface area (Å²) in [4.78, 5) is 40.9. The van der Waals surface area contributed by atoms with Crippen molar-refractivity contribution in [1.29, 1.82) is 0 Å². The van der Waals surface area contributed by atoms with E-state index in [1.807, 2.05) is 13.8 Å². The van der Waals surface area contributed by atoms with Gasteiger partial charge in [0.25, 0.3) is 5.56 Å². The zero-order valence-electron chi connectivity index (χ0n) is 18.3. The van der Waals surface area contributed by atoms with E-state index in [4.69, 9.17) is 22.2 Å². The predicted molar refractivity (Wildman–Crippen MR) is 127 cm³/mol. The maximum atomic E-state index is 13.3. The normalized spacial score (nSPS) is 11.5. The van der Waals surface area contributed by atoms with Gasteiger partial charge in [-0.15, -0.1) is 4.91 Å². The van der Waals surface area contributed by atoms with Gasteiger partial charge < -0.3 is 15.9 Å². The van der Waals surface area contributed by atoms with Gasteiger partial charge in [0.1, 0.15) is 5.75 Å². The number of rotatable bonds is 7. The van der Waals surface area contributed by atoms with Crippen LogP contribution in [0, 0.1) is 4.91 Å². The molecule has 172 valence electrons. The standard InChI is InChI=1S/C22H23ClN6O4/c1-13(2)33-18-10-8-17(9-11-18)26-22-28(12-15-4-6-16(23)7-5-15)21(31)19(25-14(3)30)20(27-32)29(22)24/h4-11,13H,12,24H2,1-3H3,(H,25,30)/b26-22-. The van der Waals surface area contributed by atoms with Crippen molar-refractivity contribution in [2.24, 2.45) is 10.2 Å². The van der Waals surface area contributed by atoms with Crippen LogP contribution in [-0.2, 0) is 11.3 Å². The zero-order chi connectivity index (χ0) is 24.1. The van der Waals surface area contributed by atoms with Crippen LogP contribution in [0.1, 0.15) is 26.3 Å². The number of nitrogens with zero attached hydrogens (tertiary/aromatic N) is 4. The number of amides is 1. The lowest BCUT2D eigenvalue weighted by atomic mass is 10.2. The molecule has 0 aliphatic carbocycles. The van der Waals surface area contributed by atoms with E-state index >= 15 is 0 Å². The highest BCUT2D eigenvalue weighted by molar-refractivity contribution is 6.30. The number of anilines is 1. The van der Waals surface area contributed by atoms with Crippen LogP contribution in [0.25, 0.3) is 0 Å². The van der Waals surface area contributed by atoms with Crippen molar-refractivity contribution >= 4 is 34.7 Å². The summed E-state index contributed by atoms with van der Waals surface area (Å²) in [7, 11) is 0. The van der Waals surface area contributed by atoms with E-state index in [0.717, 1.165) is 10.2 Å². The second kappa shape index (κ2) is 10.1. The number of nitrogens with two attached hydrogens (primary N) is 1. The third kappa shape index (κ3) is 5.66. The van der Waals surface area contributed by atoms with E-state index in [1.165, 1.54) is 11.5 Å². The summed E-state index contributed by atoms with van der Waals surface area (Å²) < 4.78 is 7.74. The summed E-state index contributed by atoms with van der Waals surface area (Å²) in [6, 6.07) is 13.7. The van der Waals surface area contributed by atoms with Gasteiger partial charge in [0, 0.05) is 11.9 Å². The molecule has 0 aliphatic heterocycles. The molecule has 0 aliphatic rings. The number of nitrogen functional groups attached to an aromatic ring is 1. The topological polar surface area (TPSA) is 133 Å². The number of hydrogen-bond donors (Lipinski definition) is 2. The average Bonchev–Trinajstić information content (AvgIpc) is 2.76. The van der Waals surface area contributed by atoms with E-state index < -0.39 is 17.3 Å². The molecule has 10 nitrogen and oxygen atoms in total. The molecule has 0 spiro atoms. The summed E-state index contributed by atoms with van der Waals surface area (Å²) in [6.45, 7) is 5.08. The van der Waals surface area contributed by atoms with Crippen molar-refractivity contribution in [3.8, 4) is 5.75 Å². The van der Waals surface area contributed by atoms with Crippen LogP contribution in [0.5, 0.6) is 5.75 Å². The molecule has 1 heterocycles. The fraction of sp³-hybridized carbons (Fsp3) is 0.227. The molecule has 3 N–H and O–H groups in total. The number of aromatic nitrogens is 2. The van der Waals surface area contributed by atoms with Crippen LogP contribution < -0.4 is 27.1 Å². The molecule has 1 aromatic heterocycles. The molecule has 0 fully saturated rings. The van der Waals surface area contributed by atoms with Gasteiger partial charge in [0.15, 0.2) is 5.69 Å². The highest BCUT2D eigenvalue weighted by atomic mass is 35.5. The maximum Gasteiger partial charge on any atom is 0.281 e. The smallest absolute Gasteiger partial charge is 0.281 e. The molecule has 33 heavy (non-hydrogen) atoms. The monoisotopic (exact) mass is 470 g/mol. The number of hydrogen-bond acceptors (Lipinski definition) is 7. The van der Waals surface area contributed by atoms with Gasteiger partial charge in [0.2, 0.25) is 17.3 Å². The molecule has 0 unspecified atom stereocenters. The molecule has 11 heteroatoms. The Labute approximate surface area is 194 Å². The lowest BCUT2D eigenvalue weighted by molar-refractivity contribution is -0.114. The Morgan fingerprint density at radius 3 is 2.33 bits per heavy atom. The molecule has 2 aromatic carbocycles. The third-order valence-electron chi connectivity index (χ3n) is 4.45. The highest BCUT2D eigenvalue weighted by Crippen LogP contribution is 2.20. The molecule has 0 bridgehead atoms. The zero-order valence-corrected chi connectivity index (χ0v) is 19.0. The Bertz CT molecular complexity index is 1290. The van der Waals surface area contributed by atoms with Crippen molar-refractivity contribution in [1.82, 2.24) is 9.24 Å². The van der Waals surface area contributed by atoms with E-state index in [9.17, 15) is 14.5 Å². The molecule has 3 aromatic rings. The molecule has 1 amide bonds. The van der Waals surface area contributed by atoms with E-state index in [-0.39, 0.29) is 24.0 Å². The van der Waals surface area contributed by atoms with Crippen molar-refractivity contribution in [2.75, 3.05) is 11.2 Å². The summed E-state index contributed by atoms with van der Waals surface area (Å²) in [5, 5.41) is 5.73. The Morgan fingerprint density at radius 1 is 1.15 bits per heavy atom. The Kier molecular flexibility index (Phi) is 7.29. The molecule has 0 saturated carbocycles. The molecule has 0 radical (unpaired) electrons. The Hall–Kier alpha value is -3.92. The van der Waals surface area contributed by atoms with E-state index in [2.05, 4.69) is 15.5 Å². The first kappa shape index (κ1) is 23.7. The van der Waals surface area contributed by atoms with E-state index in [0.29, 0.717) is 16.5 Å². The van der Waals surface area contributed by atoms with Crippen LogP contribution >= 0.6 is 11.6 Å². The van der Waals surface area contributed by atoms with Crippen LogP contribution in [0.3, 0.4) is 0 Å². The van der Waals surface area contributed by atoms with Crippen LogP contribution in [0.15, 0.2) is 63.5 Å². The first-order valence-electron chi connectivity index (χ1n) is 10.0. The van der Waals surface area contributed by atoms with Gasteiger partial charge in [-0.1, -0.05) is 23.7 Å². The first-order valence-corrected chi connectivity index (χ1v) is 10.4. The minimum atomic E-state index is -0.685. The number of halogens is 1. The van der Waals surface area contributed by atoms with Crippen molar-refractivity contribution < 1.29 is 9.53 Å². The minimum absolute atomic E-state index is 0.00564. The Morgan fingerprint density at radius 2 is 1.79 bits per heavy atom. The van der Waals surface area contributed by atoms with E-state index in [1.54, 1.807) is 48.5 Å². The first-order chi connectivity index (χ1) is 15.7. The summed E-state index contributed by atoms with van der Waals surface area (Å²) in [5.74, 6) is 5.77. The summed E-state index contributed by atoms with van der Waals surface area (Å²) in [5.41, 5.74) is 0.109. The lowest BCUT2D eigenvalue weighted by Gasteiger charge is -2.15. The molecule has 0 atom stereocenters. The SMILES string of the molecule is CC(=O)Nc1c(N=O)n(N)/c(=N\c2ccc(OC(C)C)cc2)n(Cc2ccc(Cl)cc2)c1=O. The quantitative estimate of drug-likeness (QED) is 0.403. The highest BCUT2D eigenvalue weighted by Gasteiger charge is 2.19. The van der Waals surface area contributed by atoms with Crippen molar-refractivity contribution in [2.45, 2.75) is 33.4 Å².